The summed E-state index contributed by atoms with van der Waals surface area (Å²) >= 11 is 0.828. The molecule has 2 saturated heterocycles. The first kappa shape index (κ1) is 23.4. The number of imide groups is 1. The van der Waals surface area contributed by atoms with Gasteiger partial charge in [0.25, 0.3) is 11.1 Å². The van der Waals surface area contributed by atoms with Crippen LogP contribution in [0.1, 0.15) is 25.5 Å². The zero-order valence-corrected chi connectivity index (χ0v) is 20.1. The van der Waals surface area contributed by atoms with Crippen molar-refractivity contribution in [3.8, 4) is 11.3 Å². The van der Waals surface area contributed by atoms with Gasteiger partial charge in [-0.1, -0.05) is 19.4 Å². The smallest absolute Gasteiger partial charge is 0.290 e. The maximum Gasteiger partial charge on any atom is 0.290 e. The van der Waals surface area contributed by atoms with E-state index in [1.807, 2.05) is 6.07 Å². The fourth-order valence-corrected chi connectivity index (χ4v) is 4.97. The van der Waals surface area contributed by atoms with E-state index in [0.29, 0.717) is 33.7 Å². The summed E-state index contributed by atoms with van der Waals surface area (Å²) < 4.78 is 15.2. The first-order chi connectivity index (χ1) is 17.0. The number of nitrogens with zero attached hydrogens (tertiary/aromatic N) is 5. The van der Waals surface area contributed by atoms with Crippen LogP contribution < -0.4 is 10.2 Å². The van der Waals surface area contributed by atoms with E-state index in [9.17, 15) is 9.59 Å². The second kappa shape index (κ2) is 10.1. The molecule has 5 rings (SSSR count). The predicted molar refractivity (Wildman–Crippen MR) is 135 cm³/mol. The second-order valence-electron chi connectivity index (χ2n) is 8.53. The molecule has 180 valence electrons. The Morgan fingerprint density at radius 3 is 2.66 bits per heavy atom. The van der Waals surface area contributed by atoms with Crippen molar-refractivity contribution in [2.45, 2.75) is 19.8 Å². The van der Waals surface area contributed by atoms with Crippen molar-refractivity contribution >= 4 is 45.7 Å². The number of nitrogens with one attached hydrogen (secondary N) is 1. The van der Waals surface area contributed by atoms with Crippen LogP contribution in [0.3, 0.4) is 0 Å². The lowest BCUT2D eigenvalue weighted by Gasteiger charge is -2.36. The lowest BCUT2D eigenvalue weighted by atomic mass is 10.1. The van der Waals surface area contributed by atoms with E-state index in [2.05, 4.69) is 37.0 Å². The van der Waals surface area contributed by atoms with Crippen LogP contribution in [-0.4, -0.2) is 63.7 Å². The van der Waals surface area contributed by atoms with Crippen molar-refractivity contribution in [3.05, 3.63) is 53.1 Å². The Kier molecular flexibility index (Phi) is 6.74. The number of pyridine rings is 1. The molecule has 2 aliphatic heterocycles. The molecule has 2 aromatic heterocycles. The number of piperazine rings is 1. The Labute approximate surface area is 206 Å². The Morgan fingerprint density at radius 1 is 1.11 bits per heavy atom. The molecule has 0 spiro atoms. The van der Waals surface area contributed by atoms with Crippen LogP contribution in [-0.2, 0) is 4.79 Å². The maximum absolute atomic E-state index is 15.2. The van der Waals surface area contributed by atoms with E-state index >= 15 is 4.39 Å². The monoisotopic (exact) mass is 492 g/mol. The summed E-state index contributed by atoms with van der Waals surface area (Å²) in [6.07, 6.45) is 5.34. The molecule has 0 radical (unpaired) electrons. The third-order valence-electron chi connectivity index (χ3n) is 6.19. The maximum atomic E-state index is 15.2. The summed E-state index contributed by atoms with van der Waals surface area (Å²) in [4.78, 5) is 41.4. The van der Waals surface area contributed by atoms with E-state index in [-0.39, 0.29) is 10.7 Å². The van der Waals surface area contributed by atoms with Crippen LogP contribution in [0.2, 0.25) is 0 Å². The van der Waals surface area contributed by atoms with Crippen molar-refractivity contribution in [2.75, 3.05) is 37.6 Å². The van der Waals surface area contributed by atoms with E-state index in [4.69, 9.17) is 0 Å². The fourth-order valence-electron chi connectivity index (χ4n) is 4.31. The summed E-state index contributed by atoms with van der Waals surface area (Å²) in [6.45, 7) is 6.74. The average molecular weight is 493 g/mol. The third-order valence-corrected chi connectivity index (χ3v) is 7.00. The van der Waals surface area contributed by atoms with Crippen molar-refractivity contribution < 1.29 is 14.0 Å². The van der Waals surface area contributed by atoms with Gasteiger partial charge in [-0.2, -0.15) is 0 Å². The molecule has 0 atom stereocenters. The molecule has 0 saturated carbocycles. The number of carbonyl (C=O) groups excluding carboxylic acids is 2. The van der Waals surface area contributed by atoms with Gasteiger partial charge in [-0.25, -0.2) is 19.3 Å². The van der Waals surface area contributed by atoms with Crippen LogP contribution in [0.15, 0.2) is 41.6 Å². The molecule has 2 aliphatic rings. The normalized spacial score (nSPS) is 18.0. The van der Waals surface area contributed by atoms with Crippen molar-refractivity contribution in [1.29, 1.82) is 0 Å². The van der Waals surface area contributed by atoms with Crippen molar-refractivity contribution in [3.63, 3.8) is 0 Å². The van der Waals surface area contributed by atoms with Gasteiger partial charge in [0.15, 0.2) is 0 Å². The number of halogens is 1. The van der Waals surface area contributed by atoms with E-state index < -0.39 is 11.1 Å². The van der Waals surface area contributed by atoms with E-state index in [1.165, 1.54) is 25.2 Å². The van der Waals surface area contributed by atoms with Gasteiger partial charge in [-0.15, -0.1) is 0 Å². The fraction of sp³-hybridized carbons (Fsp3) is 0.320. The number of benzene rings is 1. The van der Waals surface area contributed by atoms with Crippen LogP contribution in [0.25, 0.3) is 28.4 Å². The number of carbonyl (C=O) groups is 2. The number of hydrogen-bond donors (Lipinski definition) is 1. The van der Waals surface area contributed by atoms with Crippen LogP contribution >= 0.6 is 11.8 Å². The highest BCUT2D eigenvalue weighted by molar-refractivity contribution is 8.18. The van der Waals surface area contributed by atoms with Crippen molar-refractivity contribution in [1.82, 2.24) is 25.2 Å². The number of amides is 2. The van der Waals surface area contributed by atoms with Gasteiger partial charge in [0.05, 0.1) is 21.8 Å². The number of unbranched alkanes of at least 4 members (excludes halogenated alkanes) is 1. The Balaban J connectivity index is 1.41. The van der Waals surface area contributed by atoms with Gasteiger partial charge >= 0.3 is 0 Å². The second-order valence-corrected chi connectivity index (χ2v) is 9.54. The molecule has 4 heterocycles. The molecule has 0 unspecified atom stereocenters. The first-order valence-electron chi connectivity index (χ1n) is 11.7. The predicted octanol–water partition coefficient (Wildman–Crippen LogP) is 4.08. The van der Waals surface area contributed by atoms with Gasteiger partial charge in [0, 0.05) is 31.7 Å². The van der Waals surface area contributed by atoms with Gasteiger partial charge in [0.1, 0.15) is 23.4 Å². The van der Waals surface area contributed by atoms with Crippen molar-refractivity contribution in [2.24, 2.45) is 0 Å². The van der Waals surface area contributed by atoms with Crippen LogP contribution in [0.4, 0.5) is 14.9 Å². The minimum atomic E-state index is -0.449. The van der Waals surface area contributed by atoms with E-state index in [0.717, 1.165) is 44.5 Å². The van der Waals surface area contributed by atoms with Gasteiger partial charge in [0.2, 0.25) is 0 Å². The Morgan fingerprint density at radius 2 is 1.94 bits per heavy atom. The number of anilines is 1. The SMILES string of the molecule is CCCCN1CCN(c2ccc(-c3ncnc4ccc(C=C5SC(=O)NC5=O)nc34)cc2F)CC1. The molecule has 2 fully saturated rings. The number of fused-ring (bicyclic) bond motifs is 1. The molecular formula is C25H25FN6O2S. The molecule has 10 heteroatoms. The molecule has 3 aromatic rings. The van der Waals surface area contributed by atoms with Crippen LogP contribution in [0, 0.1) is 5.82 Å². The molecule has 1 aromatic carbocycles. The zero-order chi connectivity index (χ0) is 24.4. The molecule has 35 heavy (non-hydrogen) atoms. The summed E-state index contributed by atoms with van der Waals surface area (Å²) in [6, 6.07) is 8.63. The lowest BCUT2D eigenvalue weighted by Crippen LogP contribution is -2.46. The number of aromatic nitrogens is 3. The molecule has 1 N–H and O–H groups in total. The molecular weight excluding hydrogens is 467 g/mol. The Bertz CT molecular complexity index is 1320. The highest BCUT2D eigenvalue weighted by Gasteiger charge is 2.25. The number of rotatable bonds is 6. The largest absolute Gasteiger partial charge is 0.367 e. The summed E-state index contributed by atoms with van der Waals surface area (Å²) in [5.74, 6) is -0.748. The quantitative estimate of drug-likeness (QED) is 0.515. The standard InChI is InChI=1S/C25H25FN6O2S/c1-2-3-8-31-9-11-32(12-10-31)20-7-4-16(13-18(20)26)22-23-19(27-15-28-22)6-5-17(29-23)14-21-24(33)30-25(34)35-21/h4-7,13-15H,2-3,8-12H2,1H3,(H,30,33,34). The molecule has 8 nitrogen and oxygen atoms in total. The summed E-state index contributed by atoms with van der Waals surface area (Å²) in [5.41, 5.74) is 3.27. The summed E-state index contributed by atoms with van der Waals surface area (Å²) in [5, 5.41) is 1.81. The zero-order valence-electron chi connectivity index (χ0n) is 19.3. The van der Waals surface area contributed by atoms with Crippen LogP contribution in [0.5, 0.6) is 0 Å². The minimum Gasteiger partial charge on any atom is -0.367 e. The molecule has 2 amide bonds. The van der Waals surface area contributed by atoms with Gasteiger partial charge < -0.3 is 4.90 Å². The molecule has 0 bridgehead atoms. The minimum absolute atomic E-state index is 0.269. The number of hydrogen-bond acceptors (Lipinski definition) is 8. The van der Waals surface area contributed by atoms with Gasteiger partial charge in [-0.3, -0.25) is 19.8 Å². The molecule has 0 aliphatic carbocycles. The lowest BCUT2D eigenvalue weighted by molar-refractivity contribution is -0.115. The topological polar surface area (TPSA) is 91.3 Å². The summed E-state index contributed by atoms with van der Waals surface area (Å²) in [7, 11) is 0. The highest BCUT2D eigenvalue weighted by Crippen LogP contribution is 2.30. The Hall–Kier alpha value is -3.37. The highest BCUT2D eigenvalue weighted by atomic mass is 32.2. The average Bonchev–Trinajstić information content (AvgIpc) is 3.18. The van der Waals surface area contributed by atoms with E-state index in [1.54, 1.807) is 24.3 Å². The number of thioether (sulfide) groups is 1. The third kappa shape index (κ3) is 5.03. The first-order valence-corrected chi connectivity index (χ1v) is 12.5. The van der Waals surface area contributed by atoms with Gasteiger partial charge in [-0.05, 0) is 55.1 Å².